The average Bonchev–Trinajstić information content (AvgIpc) is 2.14. The van der Waals surface area contributed by atoms with Crippen molar-refractivity contribution in [3.05, 3.63) is 0 Å². The van der Waals surface area contributed by atoms with Crippen LogP contribution >= 0.6 is 0 Å². The summed E-state index contributed by atoms with van der Waals surface area (Å²) in [5.74, 6) is 0.0251. The zero-order valence-electron chi connectivity index (χ0n) is 11.7. The zero-order chi connectivity index (χ0) is 13.7. The molecule has 0 saturated carbocycles. The van der Waals surface area contributed by atoms with Crippen LogP contribution in [-0.4, -0.2) is 42.7 Å². The molecule has 5 heteroatoms. The topological polar surface area (TPSA) is 66.4 Å². The van der Waals surface area contributed by atoms with Crippen LogP contribution in [0.5, 0.6) is 0 Å². The Labute approximate surface area is 106 Å². The molecule has 2 N–H and O–H groups in total. The van der Waals surface area contributed by atoms with E-state index in [1.807, 2.05) is 6.92 Å². The van der Waals surface area contributed by atoms with Crippen molar-refractivity contribution in [2.75, 3.05) is 18.8 Å². The van der Waals surface area contributed by atoms with Gasteiger partial charge in [-0.1, -0.05) is 6.92 Å². The Kier molecular flexibility index (Phi) is 6.11. The summed E-state index contributed by atoms with van der Waals surface area (Å²) in [7, 11) is -3.15. The summed E-state index contributed by atoms with van der Waals surface area (Å²) in [5.41, 5.74) is -0.965. The molecule has 0 aromatic carbocycles. The Balaban J connectivity index is 4.27. The van der Waals surface area contributed by atoms with Crippen LogP contribution in [0.25, 0.3) is 0 Å². The summed E-state index contributed by atoms with van der Waals surface area (Å²) in [6.45, 7) is 10.0. The fraction of sp³-hybridized carbons (Fsp3) is 1.00. The quantitative estimate of drug-likeness (QED) is 0.682. The van der Waals surface area contributed by atoms with Crippen LogP contribution in [0.15, 0.2) is 0 Å². The number of aliphatic hydroxyl groups is 1. The minimum Gasteiger partial charge on any atom is -0.389 e. The van der Waals surface area contributed by atoms with Gasteiger partial charge in [-0.05, 0) is 47.1 Å². The van der Waals surface area contributed by atoms with Crippen LogP contribution < -0.4 is 5.32 Å². The largest absolute Gasteiger partial charge is 0.389 e. The van der Waals surface area contributed by atoms with Crippen molar-refractivity contribution in [2.24, 2.45) is 0 Å². The van der Waals surface area contributed by atoms with Gasteiger partial charge in [-0.25, -0.2) is 8.42 Å². The number of sulfone groups is 1. The van der Waals surface area contributed by atoms with Crippen LogP contribution in [0, 0.1) is 0 Å². The first kappa shape index (κ1) is 16.9. The van der Waals surface area contributed by atoms with E-state index in [4.69, 9.17) is 0 Å². The molecule has 4 nitrogen and oxygen atoms in total. The molecule has 0 aliphatic heterocycles. The third-order valence-electron chi connectivity index (χ3n) is 2.77. The van der Waals surface area contributed by atoms with Crippen LogP contribution in [0.1, 0.15) is 47.5 Å². The lowest BCUT2D eigenvalue weighted by Crippen LogP contribution is -2.41. The van der Waals surface area contributed by atoms with Crippen LogP contribution in [0.4, 0.5) is 0 Å². The van der Waals surface area contributed by atoms with Gasteiger partial charge in [0.2, 0.25) is 0 Å². The molecule has 0 heterocycles. The van der Waals surface area contributed by atoms with E-state index in [1.165, 1.54) is 0 Å². The SMILES string of the molecule is CCCNCC(C)(O)CCS(=O)(=O)C(C)(C)C. The first-order chi connectivity index (χ1) is 7.52. The fourth-order valence-corrected chi connectivity index (χ4v) is 2.60. The molecule has 0 rings (SSSR count). The molecule has 0 amide bonds. The van der Waals surface area contributed by atoms with Crippen molar-refractivity contribution in [1.29, 1.82) is 0 Å². The summed E-state index contributed by atoms with van der Waals surface area (Å²) >= 11 is 0. The van der Waals surface area contributed by atoms with Gasteiger partial charge in [0.25, 0.3) is 0 Å². The Hall–Kier alpha value is -0.130. The molecule has 0 aromatic rings. The average molecular weight is 265 g/mol. The molecule has 17 heavy (non-hydrogen) atoms. The highest BCUT2D eigenvalue weighted by atomic mass is 32.2. The number of rotatable bonds is 7. The van der Waals surface area contributed by atoms with Crippen LogP contribution in [0.3, 0.4) is 0 Å². The van der Waals surface area contributed by atoms with Crippen LogP contribution in [-0.2, 0) is 9.84 Å². The van der Waals surface area contributed by atoms with Gasteiger partial charge >= 0.3 is 0 Å². The number of hydrogen-bond acceptors (Lipinski definition) is 4. The first-order valence-corrected chi connectivity index (χ1v) is 7.82. The minimum absolute atomic E-state index is 0.0251. The molecule has 1 atom stereocenters. The Bertz CT molecular complexity index is 315. The number of nitrogens with one attached hydrogen (secondary N) is 1. The smallest absolute Gasteiger partial charge is 0.155 e. The third kappa shape index (κ3) is 6.38. The molecule has 1 unspecified atom stereocenters. The van der Waals surface area contributed by atoms with E-state index in [1.54, 1.807) is 27.7 Å². The van der Waals surface area contributed by atoms with Gasteiger partial charge in [0.05, 0.1) is 16.1 Å². The predicted octanol–water partition coefficient (Wildman–Crippen LogP) is 1.34. The highest BCUT2D eigenvalue weighted by Gasteiger charge is 2.31. The normalized spacial score (nSPS) is 16.8. The second kappa shape index (κ2) is 6.16. The van der Waals surface area contributed by atoms with Gasteiger partial charge in [-0.2, -0.15) is 0 Å². The molecule has 0 aliphatic rings. The molecule has 0 aliphatic carbocycles. The minimum atomic E-state index is -3.15. The first-order valence-electron chi connectivity index (χ1n) is 6.17. The molecule has 0 bridgehead atoms. The van der Waals surface area contributed by atoms with Crippen molar-refractivity contribution in [2.45, 2.75) is 57.8 Å². The van der Waals surface area contributed by atoms with Crippen molar-refractivity contribution in [3.63, 3.8) is 0 Å². The van der Waals surface area contributed by atoms with Gasteiger partial charge in [-0.3, -0.25) is 0 Å². The summed E-state index contributed by atoms with van der Waals surface area (Å²) in [6.07, 6.45) is 1.26. The zero-order valence-corrected chi connectivity index (χ0v) is 12.5. The molecule has 0 fully saturated rings. The van der Waals surface area contributed by atoms with Crippen LogP contribution in [0.2, 0.25) is 0 Å². The highest BCUT2D eigenvalue weighted by Crippen LogP contribution is 2.19. The van der Waals surface area contributed by atoms with Gasteiger partial charge in [0.15, 0.2) is 9.84 Å². The van der Waals surface area contributed by atoms with Gasteiger partial charge in [0, 0.05) is 6.54 Å². The monoisotopic (exact) mass is 265 g/mol. The summed E-state index contributed by atoms with van der Waals surface area (Å²) < 4.78 is 23.0. The molecule has 0 spiro atoms. The Morgan fingerprint density at radius 2 is 1.71 bits per heavy atom. The van der Waals surface area contributed by atoms with E-state index in [0.29, 0.717) is 6.54 Å². The second-order valence-electron chi connectivity index (χ2n) is 5.85. The summed E-state index contributed by atoms with van der Waals surface area (Å²) in [6, 6.07) is 0. The molecule has 0 saturated heterocycles. The van der Waals surface area contributed by atoms with Crippen molar-refractivity contribution < 1.29 is 13.5 Å². The maximum atomic E-state index is 11.9. The van der Waals surface area contributed by atoms with Crippen molar-refractivity contribution >= 4 is 9.84 Å². The maximum absolute atomic E-state index is 11.9. The molecule has 104 valence electrons. The number of hydrogen-bond donors (Lipinski definition) is 2. The van der Waals surface area contributed by atoms with E-state index in [0.717, 1.165) is 13.0 Å². The Morgan fingerprint density at radius 1 is 1.18 bits per heavy atom. The van der Waals surface area contributed by atoms with Crippen molar-refractivity contribution in [3.8, 4) is 0 Å². The molecular formula is C12H27NO3S. The molecular weight excluding hydrogens is 238 g/mol. The highest BCUT2D eigenvalue weighted by molar-refractivity contribution is 7.92. The summed E-state index contributed by atoms with van der Waals surface area (Å²) in [4.78, 5) is 0. The maximum Gasteiger partial charge on any atom is 0.155 e. The summed E-state index contributed by atoms with van der Waals surface area (Å²) in [5, 5.41) is 13.1. The van der Waals surface area contributed by atoms with E-state index < -0.39 is 20.2 Å². The van der Waals surface area contributed by atoms with Gasteiger partial charge < -0.3 is 10.4 Å². The standard InChI is InChI=1S/C12H27NO3S/c1-6-8-13-10-12(5,14)7-9-17(15,16)11(2,3)4/h13-14H,6-10H2,1-5H3. The van der Waals surface area contributed by atoms with E-state index in [9.17, 15) is 13.5 Å². The van der Waals surface area contributed by atoms with Gasteiger partial charge in [-0.15, -0.1) is 0 Å². The van der Waals surface area contributed by atoms with E-state index in [-0.39, 0.29) is 12.2 Å². The van der Waals surface area contributed by atoms with Gasteiger partial charge in [0.1, 0.15) is 0 Å². The lowest BCUT2D eigenvalue weighted by molar-refractivity contribution is 0.0567. The van der Waals surface area contributed by atoms with E-state index in [2.05, 4.69) is 5.32 Å². The second-order valence-corrected chi connectivity index (χ2v) is 8.72. The van der Waals surface area contributed by atoms with Crippen molar-refractivity contribution in [1.82, 2.24) is 5.32 Å². The lowest BCUT2D eigenvalue weighted by Gasteiger charge is -2.26. The Morgan fingerprint density at radius 3 is 2.12 bits per heavy atom. The molecule has 0 aromatic heterocycles. The van der Waals surface area contributed by atoms with E-state index >= 15 is 0 Å². The fourth-order valence-electron chi connectivity index (χ4n) is 1.28. The lowest BCUT2D eigenvalue weighted by atomic mass is 10.0. The predicted molar refractivity (Wildman–Crippen MR) is 71.9 cm³/mol. The third-order valence-corrected chi connectivity index (χ3v) is 5.38. The molecule has 0 radical (unpaired) electrons.